The van der Waals surface area contributed by atoms with Crippen LogP contribution in [-0.2, 0) is 9.59 Å². The molecule has 2 saturated heterocycles. The van der Waals surface area contributed by atoms with Gasteiger partial charge in [0.1, 0.15) is 6.54 Å². The van der Waals surface area contributed by atoms with Gasteiger partial charge in [-0.15, -0.1) is 0 Å². The van der Waals surface area contributed by atoms with E-state index in [4.69, 9.17) is 9.90 Å². The summed E-state index contributed by atoms with van der Waals surface area (Å²) in [5, 5.41) is 9.91. The van der Waals surface area contributed by atoms with Gasteiger partial charge in [-0.3, -0.25) is 9.59 Å². The highest BCUT2D eigenvalue weighted by molar-refractivity contribution is 5.84. The molecule has 3 rings (SSSR count). The molecule has 3 amide bonds. The summed E-state index contributed by atoms with van der Waals surface area (Å²) >= 11 is 0. The van der Waals surface area contributed by atoms with Crippen LogP contribution in [0.25, 0.3) is 0 Å². The van der Waals surface area contributed by atoms with E-state index in [0.29, 0.717) is 19.0 Å². The number of carbonyl (C=O) groups excluding carboxylic acids is 2. The topological polar surface area (TPSA) is 93.2 Å². The largest absolute Gasteiger partial charge is 0.483 e. The lowest BCUT2D eigenvalue weighted by molar-refractivity contribution is -0.123. The van der Waals surface area contributed by atoms with E-state index >= 15 is 0 Å². The molecular weight excluding hydrogens is 324 g/mol. The van der Waals surface area contributed by atoms with Crippen LogP contribution in [0.2, 0.25) is 0 Å². The van der Waals surface area contributed by atoms with Gasteiger partial charge < -0.3 is 25.1 Å². The Kier molecular flexibility index (Phi) is 7.49. The number of hydrogen-bond acceptors (Lipinski definition) is 4. The molecule has 1 saturated carbocycles. The van der Waals surface area contributed by atoms with Gasteiger partial charge in [-0.2, -0.15) is 0 Å². The molecule has 8 heteroatoms. The van der Waals surface area contributed by atoms with Gasteiger partial charge in [0.05, 0.1) is 0 Å². The van der Waals surface area contributed by atoms with E-state index in [-0.39, 0.29) is 25.0 Å². The lowest BCUT2D eigenvalue weighted by atomic mass is 10.1. The quantitative estimate of drug-likeness (QED) is 0.699. The Balaban J connectivity index is 0.000000701. The Labute approximate surface area is 149 Å². The molecule has 3 fully saturated rings. The van der Waals surface area contributed by atoms with E-state index in [0.717, 1.165) is 19.1 Å². The standard InChI is InChI=1S/C16H28N4O2.CH2O2/c1-18-8-9-20(16(18)22)12-15(21)17-10-13-6-7-19(11-13)14-4-2-3-5-14;2-1-3/h13-14H,2-12H2,1H3,(H,17,21);1H,(H,2,3). The molecule has 25 heavy (non-hydrogen) atoms. The lowest BCUT2D eigenvalue weighted by Crippen LogP contribution is -2.41. The van der Waals surface area contributed by atoms with Crippen molar-refractivity contribution in [1.29, 1.82) is 0 Å². The number of carbonyl (C=O) groups is 3. The second kappa shape index (κ2) is 9.60. The minimum absolute atomic E-state index is 0.0250. The minimum atomic E-state index is -0.250. The number of likely N-dealkylation sites (N-methyl/N-ethyl adjacent to an activating group) is 1. The Morgan fingerprint density at radius 3 is 2.52 bits per heavy atom. The third-order valence-corrected chi connectivity index (χ3v) is 5.38. The van der Waals surface area contributed by atoms with E-state index in [9.17, 15) is 9.59 Å². The smallest absolute Gasteiger partial charge is 0.320 e. The molecule has 2 aliphatic heterocycles. The number of urea groups is 1. The molecule has 0 bridgehead atoms. The average molecular weight is 354 g/mol. The molecule has 2 N–H and O–H groups in total. The van der Waals surface area contributed by atoms with Crippen molar-refractivity contribution in [2.75, 3.05) is 46.3 Å². The van der Waals surface area contributed by atoms with E-state index in [1.54, 1.807) is 16.8 Å². The monoisotopic (exact) mass is 354 g/mol. The zero-order valence-corrected chi connectivity index (χ0v) is 15.0. The van der Waals surface area contributed by atoms with Crippen molar-refractivity contribution in [3.8, 4) is 0 Å². The Hall–Kier alpha value is -1.83. The number of nitrogens with one attached hydrogen (secondary N) is 1. The van der Waals surface area contributed by atoms with Crippen LogP contribution in [0.1, 0.15) is 32.1 Å². The van der Waals surface area contributed by atoms with Gasteiger partial charge in [-0.1, -0.05) is 12.8 Å². The molecule has 0 aromatic heterocycles. The first kappa shape index (κ1) is 19.5. The molecule has 0 aromatic carbocycles. The van der Waals surface area contributed by atoms with Gasteiger partial charge in [0, 0.05) is 39.3 Å². The molecule has 8 nitrogen and oxygen atoms in total. The van der Waals surface area contributed by atoms with Crippen LogP contribution in [0.5, 0.6) is 0 Å². The summed E-state index contributed by atoms with van der Waals surface area (Å²) < 4.78 is 0. The second-order valence-corrected chi connectivity index (χ2v) is 7.12. The maximum Gasteiger partial charge on any atom is 0.320 e. The first-order chi connectivity index (χ1) is 12.0. The van der Waals surface area contributed by atoms with Gasteiger partial charge in [0.15, 0.2) is 0 Å². The Morgan fingerprint density at radius 2 is 1.92 bits per heavy atom. The summed E-state index contributed by atoms with van der Waals surface area (Å²) in [5.74, 6) is 0.546. The van der Waals surface area contributed by atoms with Crippen molar-refractivity contribution in [3.63, 3.8) is 0 Å². The molecule has 0 spiro atoms. The summed E-state index contributed by atoms with van der Waals surface area (Å²) in [6.45, 7) is 4.37. The average Bonchev–Trinajstić information content (AvgIpc) is 3.31. The molecule has 1 aliphatic carbocycles. The lowest BCUT2D eigenvalue weighted by Gasteiger charge is -2.23. The number of hydrogen-bond donors (Lipinski definition) is 2. The van der Waals surface area contributed by atoms with Crippen LogP contribution in [-0.4, -0.2) is 90.6 Å². The summed E-state index contributed by atoms with van der Waals surface area (Å²) in [6.07, 6.45) is 6.64. The summed E-state index contributed by atoms with van der Waals surface area (Å²) in [4.78, 5) is 38.0. The summed E-state index contributed by atoms with van der Waals surface area (Å²) in [7, 11) is 1.77. The number of carboxylic acid groups (broad SMARTS) is 1. The highest BCUT2D eigenvalue weighted by Crippen LogP contribution is 2.28. The van der Waals surface area contributed by atoms with Gasteiger partial charge in [0.2, 0.25) is 5.91 Å². The van der Waals surface area contributed by atoms with Crippen molar-refractivity contribution in [1.82, 2.24) is 20.0 Å². The predicted octanol–water partition coefficient (Wildman–Crippen LogP) is 0.435. The van der Waals surface area contributed by atoms with Crippen LogP contribution in [0.3, 0.4) is 0 Å². The minimum Gasteiger partial charge on any atom is -0.483 e. The molecule has 3 aliphatic rings. The van der Waals surface area contributed by atoms with Crippen molar-refractivity contribution in [3.05, 3.63) is 0 Å². The van der Waals surface area contributed by atoms with E-state index in [1.165, 1.54) is 38.6 Å². The van der Waals surface area contributed by atoms with Crippen molar-refractivity contribution in [2.45, 2.75) is 38.1 Å². The van der Waals surface area contributed by atoms with E-state index in [2.05, 4.69) is 10.2 Å². The van der Waals surface area contributed by atoms with Crippen LogP contribution in [0.15, 0.2) is 0 Å². The fourth-order valence-corrected chi connectivity index (χ4v) is 3.97. The third kappa shape index (κ3) is 5.59. The Bertz CT molecular complexity index is 468. The third-order valence-electron chi connectivity index (χ3n) is 5.38. The normalized spacial score (nSPS) is 24.4. The molecular formula is C17H30N4O4. The molecule has 1 unspecified atom stereocenters. The summed E-state index contributed by atoms with van der Waals surface area (Å²) in [6, 6.07) is 0.752. The molecule has 1 atom stereocenters. The zero-order chi connectivity index (χ0) is 18.2. The van der Waals surface area contributed by atoms with Crippen LogP contribution < -0.4 is 5.32 Å². The van der Waals surface area contributed by atoms with Gasteiger partial charge in [-0.25, -0.2) is 4.79 Å². The fraction of sp³-hybridized carbons (Fsp3) is 0.824. The number of likely N-dealkylation sites (tertiary alicyclic amines) is 1. The fourth-order valence-electron chi connectivity index (χ4n) is 3.97. The SMILES string of the molecule is CN1CCN(CC(=O)NCC2CCN(C3CCCC3)C2)C1=O.O=CO. The van der Waals surface area contributed by atoms with Gasteiger partial charge in [-0.05, 0) is 31.7 Å². The molecule has 0 radical (unpaired) electrons. The van der Waals surface area contributed by atoms with Crippen molar-refractivity contribution in [2.24, 2.45) is 5.92 Å². The first-order valence-electron chi connectivity index (χ1n) is 9.13. The highest BCUT2D eigenvalue weighted by Gasteiger charge is 2.30. The molecule has 2 heterocycles. The molecule has 0 aromatic rings. The van der Waals surface area contributed by atoms with Crippen LogP contribution in [0.4, 0.5) is 4.79 Å². The second-order valence-electron chi connectivity index (χ2n) is 7.12. The van der Waals surface area contributed by atoms with E-state index < -0.39 is 0 Å². The van der Waals surface area contributed by atoms with Crippen molar-refractivity contribution >= 4 is 18.4 Å². The van der Waals surface area contributed by atoms with Gasteiger partial charge >= 0.3 is 6.03 Å². The summed E-state index contributed by atoms with van der Waals surface area (Å²) in [5.41, 5.74) is 0. The maximum absolute atomic E-state index is 12.0. The number of nitrogens with zero attached hydrogens (tertiary/aromatic N) is 3. The van der Waals surface area contributed by atoms with Crippen LogP contribution >= 0.6 is 0 Å². The number of rotatable bonds is 5. The van der Waals surface area contributed by atoms with Crippen molar-refractivity contribution < 1.29 is 19.5 Å². The van der Waals surface area contributed by atoms with Crippen LogP contribution in [0, 0.1) is 5.92 Å². The first-order valence-corrected chi connectivity index (χ1v) is 9.13. The number of amides is 3. The van der Waals surface area contributed by atoms with Gasteiger partial charge in [0.25, 0.3) is 6.47 Å². The maximum atomic E-state index is 12.0. The predicted molar refractivity (Wildman–Crippen MR) is 93.2 cm³/mol. The molecule has 142 valence electrons. The highest BCUT2D eigenvalue weighted by atomic mass is 16.3. The Morgan fingerprint density at radius 1 is 1.24 bits per heavy atom. The zero-order valence-electron chi connectivity index (χ0n) is 15.0. The van der Waals surface area contributed by atoms with E-state index in [1.807, 2.05) is 0 Å².